The zero-order chi connectivity index (χ0) is 12.3. The van der Waals surface area contributed by atoms with Crippen LogP contribution in [0.25, 0.3) is 0 Å². The fraction of sp³-hybridized carbons (Fsp3) is 0.462. The molecular formula is C13H17NO2S. The second-order valence-corrected chi connectivity index (χ2v) is 5.47. The summed E-state index contributed by atoms with van der Waals surface area (Å²) < 4.78 is 5.20. The zero-order valence-electron chi connectivity index (χ0n) is 10.1. The van der Waals surface area contributed by atoms with Crippen LogP contribution in [0.1, 0.15) is 24.8 Å². The molecule has 0 saturated carbocycles. The van der Waals surface area contributed by atoms with Gasteiger partial charge in [0.1, 0.15) is 6.04 Å². The Morgan fingerprint density at radius 3 is 2.76 bits per heavy atom. The minimum atomic E-state index is -0.187. The van der Waals surface area contributed by atoms with Gasteiger partial charge in [0.05, 0.1) is 11.5 Å². The van der Waals surface area contributed by atoms with Gasteiger partial charge in [-0.05, 0) is 19.4 Å². The molecule has 1 saturated heterocycles. The Hall–Kier alpha value is -1.00. The molecular weight excluding hydrogens is 234 g/mol. The predicted molar refractivity (Wildman–Crippen MR) is 69.8 cm³/mol. The molecule has 1 heterocycles. The lowest BCUT2D eigenvalue weighted by Gasteiger charge is -2.14. The largest absolute Gasteiger partial charge is 0.462 e. The number of ether oxygens (including phenoxy) is 1. The minimum Gasteiger partial charge on any atom is -0.462 e. The van der Waals surface area contributed by atoms with Crippen LogP contribution in [0.2, 0.25) is 0 Å². The third kappa shape index (κ3) is 3.23. The molecule has 2 rings (SSSR count). The molecule has 0 bridgehead atoms. The van der Waals surface area contributed by atoms with Gasteiger partial charge in [-0.25, -0.2) is 0 Å². The number of thioether (sulfide) groups is 1. The number of hydrogen-bond donors (Lipinski definition) is 1. The molecule has 0 unspecified atom stereocenters. The van der Waals surface area contributed by atoms with Crippen LogP contribution in [0, 0.1) is 0 Å². The maximum absolute atomic E-state index is 11.7. The summed E-state index contributed by atoms with van der Waals surface area (Å²) in [6.07, 6.45) is -0.0509. The third-order valence-electron chi connectivity index (χ3n) is 2.52. The first kappa shape index (κ1) is 12.5. The Morgan fingerprint density at radius 2 is 2.12 bits per heavy atom. The summed E-state index contributed by atoms with van der Waals surface area (Å²) in [6.45, 7) is 3.74. The monoisotopic (exact) mass is 251 g/mol. The van der Waals surface area contributed by atoms with Crippen molar-refractivity contribution in [2.24, 2.45) is 0 Å². The molecule has 1 N–H and O–H groups in total. The molecule has 1 aromatic carbocycles. The van der Waals surface area contributed by atoms with Crippen LogP contribution in [0.4, 0.5) is 0 Å². The molecule has 0 aromatic heterocycles. The topological polar surface area (TPSA) is 38.3 Å². The molecule has 0 radical (unpaired) electrons. The minimum absolute atomic E-state index is 0.0509. The van der Waals surface area contributed by atoms with Gasteiger partial charge in [-0.2, -0.15) is 0 Å². The summed E-state index contributed by atoms with van der Waals surface area (Å²) >= 11 is 1.75. The fourth-order valence-electron chi connectivity index (χ4n) is 1.74. The molecule has 1 aliphatic rings. The van der Waals surface area contributed by atoms with E-state index in [4.69, 9.17) is 4.74 Å². The number of esters is 1. The summed E-state index contributed by atoms with van der Waals surface area (Å²) in [7, 11) is 0. The van der Waals surface area contributed by atoms with Crippen molar-refractivity contribution in [2.45, 2.75) is 31.4 Å². The van der Waals surface area contributed by atoms with Crippen LogP contribution in [-0.2, 0) is 9.53 Å². The number of nitrogens with one attached hydrogen (secondary N) is 1. The van der Waals surface area contributed by atoms with Crippen LogP contribution >= 0.6 is 11.8 Å². The average Bonchev–Trinajstić information content (AvgIpc) is 2.78. The third-order valence-corrected chi connectivity index (χ3v) is 3.79. The molecule has 1 aliphatic heterocycles. The van der Waals surface area contributed by atoms with Crippen molar-refractivity contribution >= 4 is 17.7 Å². The van der Waals surface area contributed by atoms with Crippen LogP contribution in [-0.4, -0.2) is 23.9 Å². The van der Waals surface area contributed by atoms with Gasteiger partial charge in [-0.1, -0.05) is 30.3 Å². The first-order valence-corrected chi connectivity index (χ1v) is 6.85. The van der Waals surface area contributed by atoms with Crippen molar-refractivity contribution < 1.29 is 9.53 Å². The maximum Gasteiger partial charge on any atom is 0.324 e. The highest BCUT2D eigenvalue weighted by Crippen LogP contribution is 2.32. The van der Waals surface area contributed by atoms with E-state index in [9.17, 15) is 4.79 Å². The molecule has 92 valence electrons. The SMILES string of the molecule is CC(C)OC(=O)[C@H]1CS[C@H](c2ccccc2)N1. The van der Waals surface area contributed by atoms with E-state index in [1.165, 1.54) is 5.56 Å². The van der Waals surface area contributed by atoms with Crippen molar-refractivity contribution in [1.29, 1.82) is 0 Å². The Kier molecular flexibility index (Phi) is 4.07. The lowest BCUT2D eigenvalue weighted by atomic mass is 10.2. The Bertz CT molecular complexity index is 380. The van der Waals surface area contributed by atoms with Crippen molar-refractivity contribution in [3.63, 3.8) is 0 Å². The molecule has 1 fully saturated rings. The van der Waals surface area contributed by atoms with E-state index in [1.54, 1.807) is 11.8 Å². The quantitative estimate of drug-likeness (QED) is 0.837. The number of rotatable bonds is 3. The summed E-state index contributed by atoms with van der Waals surface area (Å²) in [6, 6.07) is 9.97. The van der Waals surface area contributed by atoms with Crippen LogP contribution in [0.5, 0.6) is 0 Å². The van der Waals surface area contributed by atoms with Gasteiger partial charge in [0.2, 0.25) is 0 Å². The zero-order valence-corrected chi connectivity index (χ0v) is 10.9. The molecule has 0 amide bonds. The lowest BCUT2D eigenvalue weighted by molar-refractivity contribution is -0.149. The highest BCUT2D eigenvalue weighted by atomic mass is 32.2. The van der Waals surface area contributed by atoms with Crippen LogP contribution < -0.4 is 5.32 Å². The fourth-order valence-corrected chi connectivity index (χ4v) is 2.97. The molecule has 2 atom stereocenters. The standard InChI is InChI=1S/C13H17NO2S/c1-9(2)16-13(15)11-8-17-12(14-11)10-6-4-3-5-7-10/h3-7,9,11-12,14H,8H2,1-2H3/t11-,12-/m1/s1. The van der Waals surface area contributed by atoms with Crippen molar-refractivity contribution in [3.05, 3.63) is 35.9 Å². The number of hydrogen-bond acceptors (Lipinski definition) is 4. The Labute approximate surface area is 106 Å². The first-order chi connectivity index (χ1) is 8.16. The van der Waals surface area contributed by atoms with E-state index in [0.29, 0.717) is 0 Å². The highest BCUT2D eigenvalue weighted by molar-refractivity contribution is 7.99. The van der Waals surface area contributed by atoms with Gasteiger partial charge in [-0.15, -0.1) is 11.8 Å². The van der Waals surface area contributed by atoms with Gasteiger partial charge in [0.25, 0.3) is 0 Å². The molecule has 1 aromatic rings. The van der Waals surface area contributed by atoms with Gasteiger partial charge in [0, 0.05) is 5.75 Å². The summed E-state index contributed by atoms with van der Waals surface area (Å²) in [4.78, 5) is 11.7. The van der Waals surface area contributed by atoms with Crippen molar-refractivity contribution in [2.75, 3.05) is 5.75 Å². The lowest BCUT2D eigenvalue weighted by Crippen LogP contribution is -2.36. The van der Waals surface area contributed by atoms with E-state index < -0.39 is 0 Å². The normalized spacial score (nSPS) is 23.9. The van der Waals surface area contributed by atoms with Crippen molar-refractivity contribution in [3.8, 4) is 0 Å². The predicted octanol–water partition coefficient (Wildman–Crippen LogP) is 2.34. The smallest absolute Gasteiger partial charge is 0.324 e. The van der Waals surface area contributed by atoms with Gasteiger partial charge in [0.15, 0.2) is 0 Å². The molecule has 0 aliphatic carbocycles. The summed E-state index contributed by atoms with van der Waals surface area (Å²) in [5.74, 6) is 0.622. The highest BCUT2D eigenvalue weighted by Gasteiger charge is 2.31. The summed E-state index contributed by atoms with van der Waals surface area (Å²) in [5.41, 5.74) is 1.21. The number of carbonyl (C=O) groups excluding carboxylic acids is 1. The second kappa shape index (κ2) is 5.56. The Balaban J connectivity index is 1.94. The van der Waals surface area contributed by atoms with Gasteiger partial charge >= 0.3 is 5.97 Å². The van der Waals surface area contributed by atoms with Crippen molar-refractivity contribution in [1.82, 2.24) is 5.32 Å². The second-order valence-electron chi connectivity index (χ2n) is 4.33. The Morgan fingerprint density at radius 1 is 1.41 bits per heavy atom. The van der Waals surface area contributed by atoms with Crippen LogP contribution in [0.15, 0.2) is 30.3 Å². The number of benzene rings is 1. The molecule has 3 nitrogen and oxygen atoms in total. The van der Waals surface area contributed by atoms with E-state index in [0.717, 1.165) is 5.75 Å². The van der Waals surface area contributed by atoms with Crippen LogP contribution in [0.3, 0.4) is 0 Å². The van der Waals surface area contributed by atoms with E-state index in [2.05, 4.69) is 17.4 Å². The number of carbonyl (C=O) groups is 1. The van der Waals surface area contributed by atoms with Gasteiger partial charge < -0.3 is 4.74 Å². The maximum atomic E-state index is 11.7. The molecule has 0 spiro atoms. The van der Waals surface area contributed by atoms with E-state index in [1.807, 2.05) is 32.0 Å². The summed E-state index contributed by atoms with van der Waals surface area (Å²) in [5, 5.41) is 3.50. The first-order valence-electron chi connectivity index (χ1n) is 5.80. The average molecular weight is 251 g/mol. The van der Waals surface area contributed by atoms with E-state index >= 15 is 0 Å². The molecule has 4 heteroatoms. The molecule has 17 heavy (non-hydrogen) atoms. The van der Waals surface area contributed by atoms with E-state index in [-0.39, 0.29) is 23.5 Å². The van der Waals surface area contributed by atoms with Gasteiger partial charge in [-0.3, -0.25) is 10.1 Å².